The fourth-order valence-corrected chi connectivity index (χ4v) is 8.82. The third-order valence-corrected chi connectivity index (χ3v) is 16.1. The smallest absolute Gasteiger partial charge is 0.320 e. The van der Waals surface area contributed by atoms with Gasteiger partial charge in [0.2, 0.25) is 0 Å². The molecule has 0 radical (unpaired) electrons. The lowest BCUT2D eigenvalue weighted by Gasteiger charge is -2.45. The number of aromatic nitrogens is 1. The van der Waals surface area contributed by atoms with Crippen molar-refractivity contribution in [2.45, 2.75) is 343 Å². The fraction of sp³-hybridized carbons (Fsp3) is 0.886. The maximum atomic E-state index is 10.6. The van der Waals surface area contributed by atoms with Crippen LogP contribution in [0.25, 0.3) is 0 Å². The summed E-state index contributed by atoms with van der Waals surface area (Å²) in [6.45, 7) is 84.9. The number of likely N-dealkylation sites (tertiary alicyclic amines) is 1. The highest BCUT2D eigenvalue weighted by molar-refractivity contribution is 5.89. The van der Waals surface area contributed by atoms with Crippen molar-refractivity contribution >= 4 is 17.5 Å². The molecule has 0 aromatic carbocycles. The van der Waals surface area contributed by atoms with Gasteiger partial charge in [-0.25, -0.2) is 0 Å². The van der Waals surface area contributed by atoms with Crippen LogP contribution in [-0.4, -0.2) is 198 Å². The van der Waals surface area contributed by atoms with E-state index >= 15 is 0 Å². The Hall–Kier alpha value is -2.89. The van der Waals surface area contributed by atoms with Crippen molar-refractivity contribution in [1.29, 1.82) is 0 Å². The molecular formula is C79H167N13O2. The monoisotopic (exact) mass is 1330 g/mol. The average Bonchev–Trinajstić information content (AvgIpc) is 1.02. The van der Waals surface area contributed by atoms with E-state index in [1.807, 2.05) is 31.6 Å². The molecule has 3 fully saturated rings. The van der Waals surface area contributed by atoms with Crippen LogP contribution in [0.2, 0.25) is 0 Å². The van der Waals surface area contributed by atoms with Gasteiger partial charge in [-0.05, 0) is 306 Å². The summed E-state index contributed by atoms with van der Waals surface area (Å²) in [6.07, 6.45) is 19.2. The van der Waals surface area contributed by atoms with Crippen molar-refractivity contribution in [3.63, 3.8) is 0 Å². The summed E-state index contributed by atoms with van der Waals surface area (Å²) in [6, 6.07) is 4.24. The van der Waals surface area contributed by atoms with Gasteiger partial charge < -0.3 is 56.6 Å². The highest BCUT2D eigenvalue weighted by Gasteiger charge is 2.36. The summed E-state index contributed by atoms with van der Waals surface area (Å²) >= 11 is 0. The van der Waals surface area contributed by atoms with Crippen molar-refractivity contribution in [2.24, 2.45) is 21.7 Å². The predicted octanol–water partition coefficient (Wildman–Crippen LogP) is 16.5. The van der Waals surface area contributed by atoms with Crippen LogP contribution < -0.4 is 36.8 Å². The zero-order valence-corrected chi connectivity index (χ0v) is 69.8. The maximum Gasteiger partial charge on any atom is 0.320 e. The molecule has 3 atom stereocenters. The lowest BCUT2D eigenvalue weighted by atomic mass is 9.79. The summed E-state index contributed by atoms with van der Waals surface area (Å²) in [7, 11) is 8.22. The highest BCUT2D eigenvalue weighted by Crippen LogP contribution is 2.32. The van der Waals surface area contributed by atoms with Gasteiger partial charge in [0, 0.05) is 109 Å². The maximum absolute atomic E-state index is 10.6. The number of aliphatic carboxylic acids is 1. The van der Waals surface area contributed by atoms with Gasteiger partial charge >= 0.3 is 5.97 Å². The Balaban J connectivity index is -0.000000485. The topological polar surface area (TPSA) is 151 Å². The van der Waals surface area contributed by atoms with E-state index in [0.29, 0.717) is 45.1 Å². The van der Waals surface area contributed by atoms with Gasteiger partial charge in [-0.1, -0.05) is 74.8 Å². The van der Waals surface area contributed by atoms with Gasteiger partial charge in [0.25, 0.3) is 0 Å². The van der Waals surface area contributed by atoms with Crippen molar-refractivity contribution in [2.75, 3.05) is 105 Å². The number of hydrogen-bond acceptors (Lipinski definition) is 14. The number of carboxylic acids is 1. The van der Waals surface area contributed by atoms with Crippen molar-refractivity contribution in [3.05, 3.63) is 36.8 Å². The minimum Gasteiger partial charge on any atom is -0.480 e. The molecule has 94 heavy (non-hydrogen) atoms. The Morgan fingerprint density at radius 1 is 0.606 bits per heavy atom. The lowest BCUT2D eigenvalue weighted by Crippen LogP contribution is -2.61. The molecule has 0 saturated carbocycles. The molecule has 0 spiro atoms. The second-order valence-corrected chi connectivity index (χ2v) is 37.2. The predicted molar refractivity (Wildman–Crippen MR) is 421 cm³/mol. The molecule has 3 saturated heterocycles. The molecule has 5 aliphatic rings. The van der Waals surface area contributed by atoms with Crippen molar-refractivity contribution in [1.82, 2.24) is 56.5 Å². The van der Waals surface area contributed by atoms with Gasteiger partial charge in [0.1, 0.15) is 11.9 Å². The van der Waals surface area contributed by atoms with Crippen LogP contribution in [0.15, 0.2) is 41.8 Å². The number of piperidine rings is 1. The molecule has 1 aromatic rings. The molecule has 6 rings (SSSR count). The lowest BCUT2D eigenvalue weighted by molar-refractivity contribution is -0.139. The molecule has 560 valence electrons. The Bertz CT molecular complexity index is 2050. The minimum absolute atomic E-state index is 0.168. The number of hydrogen-bond donors (Lipinski definition) is 7. The van der Waals surface area contributed by atoms with E-state index in [1.165, 1.54) is 82.5 Å². The van der Waals surface area contributed by atoms with Crippen LogP contribution in [0.4, 0.5) is 5.69 Å². The molecule has 0 bridgehead atoms. The van der Waals surface area contributed by atoms with Crippen molar-refractivity contribution in [3.8, 4) is 0 Å². The number of pyridine rings is 1. The summed E-state index contributed by atoms with van der Waals surface area (Å²) in [5.41, 5.74) is 4.23. The van der Waals surface area contributed by atoms with E-state index in [0.717, 1.165) is 58.8 Å². The first-order valence-corrected chi connectivity index (χ1v) is 36.8. The van der Waals surface area contributed by atoms with Gasteiger partial charge in [-0.15, -0.1) is 0 Å². The molecule has 2 unspecified atom stereocenters. The molecule has 15 heteroatoms. The summed E-state index contributed by atoms with van der Waals surface area (Å²) < 4.78 is 0. The molecule has 7 N–H and O–H groups in total. The van der Waals surface area contributed by atoms with Crippen molar-refractivity contribution < 1.29 is 9.90 Å². The second kappa shape index (κ2) is 46.5. The second-order valence-electron chi connectivity index (χ2n) is 37.2. The molecule has 0 aliphatic carbocycles. The quantitative estimate of drug-likeness (QED) is 0.118. The summed E-state index contributed by atoms with van der Waals surface area (Å²) in [5.74, 6) is 1.07. The number of anilines is 1. The van der Waals surface area contributed by atoms with Gasteiger partial charge in [0.15, 0.2) is 0 Å². The van der Waals surface area contributed by atoms with Crippen LogP contribution in [0.1, 0.15) is 286 Å². The summed E-state index contributed by atoms with van der Waals surface area (Å²) in [5, 5.41) is 28.5. The van der Waals surface area contributed by atoms with E-state index in [9.17, 15) is 4.79 Å². The summed E-state index contributed by atoms with van der Waals surface area (Å²) in [4.78, 5) is 31.1. The van der Waals surface area contributed by atoms with E-state index in [2.05, 4.69) is 328 Å². The molecule has 5 aliphatic heterocycles. The first-order chi connectivity index (χ1) is 42.3. The van der Waals surface area contributed by atoms with Gasteiger partial charge in [0.05, 0.1) is 6.04 Å². The van der Waals surface area contributed by atoms with E-state index in [1.54, 1.807) is 0 Å². The molecule has 15 nitrogen and oxygen atoms in total. The number of carbonyl (C=O) groups is 1. The number of rotatable bonds is 9. The Morgan fingerprint density at radius 3 is 1.39 bits per heavy atom. The normalized spacial score (nSPS) is 18.7. The SMILES string of the molecule is CC(C)(C)C.CC(C)(C)C1CN[C@H](C(=O)O)C1.CC(C)(C)N1C=CCC1.CC(C)(C)N1CCCCC1.CC(C)(C)N1CCNC2CCCN=C21.CCCNC(C)(C)C.CCCNCCNC(C)(C)C.CN(C)C(C)(C)C.CN(c1ccncc1)C(C)(C)C.CNC(C)(C)C. The third kappa shape index (κ3) is 57.1. The number of nitrogens with one attached hydrogen (secondary N) is 6. The van der Waals surface area contributed by atoms with Gasteiger partial charge in [-0.3, -0.25) is 19.7 Å². The zero-order valence-electron chi connectivity index (χ0n) is 69.8. The van der Waals surface area contributed by atoms with E-state index in [-0.39, 0.29) is 28.1 Å². The molecule has 0 amide bonds. The first-order valence-electron chi connectivity index (χ1n) is 36.8. The molecule has 6 heterocycles. The standard InChI is InChI=1S/C11H21N3.C10H16N2.C9H22N2.C9H17NO2.C9H19N.C8H15N.C7H17N.C6H15N.C5H13N.C5H12/c1-11(2,3)14-8-7-12-9-5-4-6-13-10(9)14;1-10(2,3)12(4)9-5-7-11-8-6-9;1-5-6-10-7-8-11-9(2,3)4;1-9(2,3)6-4-7(8(11)12)10-5-6;1-9(2,3)10-7-5-4-6-8-10;1-8(2,3)9-6-4-5-7-9;1-5-6-8-7(2,3)4;1-6(2,3)7(4)5;1-5(2,3)6-4;1-5(2,3)4/h9,12H,4-8H2,1-3H3;5-8H,1-4H3;10-11H,5-8H2,1-4H3;6-7,10H,4-5H2,1-3H3,(H,11,12);4-8H2,1-3H3;4,6H,5,7H2,1-3H3;8H,5-6H2,1-4H3;1-5H3;6H,1-4H3;1-4H3/t;;;6?,7-;;;;;;/m...0....../s1. The number of nitrogens with zero attached hydrogens (tertiary/aromatic N) is 7. The first kappa shape index (κ1) is 97.5. The Kier molecular flexibility index (Phi) is 48.2. The minimum atomic E-state index is -0.721. The number of piperazine rings is 1. The number of aliphatic imine (C=N–C) groups is 1. The van der Waals surface area contributed by atoms with Crippen LogP contribution in [0.3, 0.4) is 0 Å². The third-order valence-electron chi connectivity index (χ3n) is 16.1. The van der Waals surface area contributed by atoms with Crippen LogP contribution in [0.5, 0.6) is 0 Å². The van der Waals surface area contributed by atoms with E-state index in [4.69, 9.17) is 5.11 Å². The van der Waals surface area contributed by atoms with E-state index < -0.39 is 5.97 Å². The molecule has 1 aromatic heterocycles. The van der Waals surface area contributed by atoms with Crippen LogP contribution in [-0.2, 0) is 4.79 Å². The van der Waals surface area contributed by atoms with Gasteiger partial charge in [-0.2, -0.15) is 0 Å². The number of fused-ring (bicyclic) bond motifs is 1. The largest absolute Gasteiger partial charge is 0.480 e. The number of amidine groups is 1. The zero-order chi connectivity index (χ0) is 74.4. The number of carboxylic acid groups (broad SMARTS) is 1. The molecular weight excluding hydrogens is 1160 g/mol. The fourth-order valence-electron chi connectivity index (χ4n) is 8.82. The highest BCUT2D eigenvalue weighted by atomic mass is 16.4. The Morgan fingerprint density at radius 2 is 1.09 bits per heavy atom. The average molecular weight is 1330 g/mol. The Labute approximate surface area is 587 Å². The van der Waals surface area contributed by atoms with Crippen LogP contribution >= 0.6 is 0 Å². The van der Waals surface area contributed by atoms with Crippen LogP contribution in [0, 0.1) is 16.7 Å².